The minimum Gasteiger partial charge on any atom is -0.278 e. The molecule has 2 aromatic heterocycles. The van der Waals surface area contributed by atoms with Crippen LogP contribution in [0.2, 0.25) is 5.02 Å². The van der Waals surface area contributed by atoms with Crippen LogP contribution in [0, 0.1) is 18.8 Å². The van der Waals surface area contributed by atoms with Crippen molar-refractivity contribution in [2.24, 2.45) is 11.8 Å². The lowest BCUT2D eigenvalue weighted by molar-refractivity contribution is 0.0984. The first-order valence-corrected chi connectivity index (χ1v) is 15.1. The lowest BCUT2D eigenvalue weighted by Crippen LogP contribution is -2.42. The molecule has 0 N–H and O–H groups in total. The maximum Gasteiger partial charge on any atom is 0.260 e. The minimum absolute atomic E-state index is 0.192. The van der Waals surface area contributed by atoms with Gasteiger partial charge in [-0.25, -0.2) is 13.4 Å². The zero-order valence-corrected chi connectivity index (χ0v) is 23.9. The van der Waals surface area contributed by atoms with Crippen molar-refractivity contribution in [3.05, 3.63) is 82.6 Å². The third-order valence-corrected chi connectivity index (χ3v) is 9.83. The van der Waals surface area contributed by atoms with Gasteiger partial charge in [-0.05, 0) is 79.3 Å². The second-order valence-electron chi connectivity index (χ2n) is 10.1. The number of anilines is 1. The van der Waals surface area contributed by atoms with Gasteiger partial charge in [0.15, 0.2) is 5.13 Å². The Balaban J connectivity index is 1.47. The Morgan fingerprint density at radius 3 is 2.47 bits per heavy atom. The largest absolute Gasteiger partial charge is 0.278 e. The third-order valence-electron chi connectivity index (χ3n) is 6.74. The molecule has 4 aromatic rings. The normalized spacial score (nSPS) is 18.5. The molecule has 0 aliphatic carbocycles. The van der Waals surface area contributed by atoms with E-state index in [1.54, 1.807) is 27.5 Å². The molecule has 7 nitrogen and oxygen atoms in total. The van der Waals surface area contributed by atoms with E-state index in [1.807, 2.05) is 37.3 Å². The van der Waals surface area contributed by atoms with Crippen LogP contribution < -0.4 is 4.90 Å². The van der Waals surface area contributed by atoms with Crippen LogP contribution in [0.25, 0.3) is 10.2 Å². The molecule has 38 heavy (non-hydrogen) atoms. The molecular formula is C28H29ClN4O3S2. The molecule has 5 rings (SSSR count). The zero-order valence-electron chi connectivity index (χ0n) is 21.5. The lowest BCUT2D eigenvalue weighted by Gasteiger charge is -2.34. The van der Waals surface area contributed by atoms with Crippen LogP contribution in [0.3, 0.4) is 0 Å². The summed E-state index contributed by atoms with van der Waals surface area (Å²) in [5, 5.41) is 1.14. The van der Waals surface area contributed by atoms with Gasteiger partial charge in [0.2, 0.25) is 10.0 Å². The van der Waals surface area contributed by atoms with Gasteiger partial charge in [-0.3, -0.25) is 14.7 Å². The number of pyridine rings is 1. The van der Waals surface area contributed by atoms with Gasteiger partial charge in [0.1, 0.15) is 0 Å². The molecule has 0 saturated carbocycles. The predicted octanol–water partition coefficient (Wildman–Crippen LogP) is 6.17. The molecule has 1 fully saturated rings. The first-order valence-electron chi connectivity index (χ1n) is 12.5. The van der Waals surface area contributed by atoms with E-state index in [4.69, 9.17) is 16.6 Å². The summed E-state index contributed by atoms with van der Waals surface area (Å²) in [4.78, 5) is 24.7. The Bertz CT molecular complexity index is 1560. The molecule has 10 heteroatoms. The van der Waals surface area contributed by atoms with Gasteiger partial charge in [0, 0.05) is 29.9 Å². The lowest BCUT2D eigenvalue weighted by atomic mass is 9.94. The summed E-state index contributed by atoms with van der Waals surface area (Å²) in [6.45, 7) is 7.32. The summed E-state index contributed by atoms with van der Waals surface area (Å²) in [6, 6.07) is 15.4. The number of benzene rings is 2. The number of sulfonamides is 1. The van der Waals surface area contributed by atoms with E-state index in [2.05, 4.69) is 18.8 Å². The van der Waals surface area contributed by atoms with E-state index in [9.17, 15) is 13.2 Å². The number of rotatable bonds is 6. The smallest absolute Gasteiger partial charge is 0.260 e. The van der Waals surface area contributed by atoms with Crippen LogP contribution in [0.4, 0.5) is 5.13 Å². The topological polar surface area (TPSA) is 83.5 Å². The van der Waals surface area contributed by atoms with Gasteiger partial charge < -0.3 is 0 Å². The maximum absolute atomic E-state index is 13.8. The molecule has 1 saturated heterocycles. The van der Waals surface area contributed by atoms with Crippen LogP contribution in [0.15, 0.2) is 65.7 Å². The van der Waals surface area contributed by atoms with Crippen molar-refractivity contribution in [3.63, 3.8) is 0 Å². The third kappa shape index (κ3) is 5.47. The zero-order chi connectivity index (χ0) is 27.0. The van der Waals surface area contributed by atoms with Crippen molar-refractivity contribution in [1.82, 2.24) is 14.3 Å². The number of carbonyl (C=O) groups is 1. The molecule has 198 valence electrons. The Morgan fingerprint density at radius 2 is 1.82 bits per heavy atom. The van der Waals surface area contributed by atoms with E-state index in [0.29, 0.717) is 46.3 Å². The molecule has 1 aliphatic rings. The SMILES string of the molecule is Cc1cc(Cl)cc2sc(N(Cc3ccccn3)C(=O)c3ccc(S(=O)(=O)N4CC(C)CC(C)C4)cc3)nc12. The molecule has 1 aliphatic heterocycles. The fourth-order valence-electron chi connectivity index (χ4n) is 5.01. The Kier molecular flexibility index (Phi) is 7.55. The number of halogens is 1. The van der Waals surface area contributed by atoms with Crippen molar-refractivity contribution < 1.29 is 13.2 Å². The standard InChI is InChI=1S/C28H29ClN4O3S2/c1-18-12-19(2)16-32(15-18)38(35,36)24-9-7-21(8-10-24)27(34)33(17-23-6-4-5-11-30-23)28-31-26-20(3)13-22(29)14-25(26)37-28/h4-11,13-14,18-19H,12,15-17H2,1-3H3. The molecule has 2 aromatic carbocycles. The number of fused-ring (bicyclic) bond motifs is 1. The molecule has 2 unspecified atom stereocenters. The van der Waals surface area contributed by atoms with Gasteiger partial charge in [-0.1, -0.05) is 42.9 Å². The monoisotopic (exact) mass is 568 g/mol. The highest BCUT2D eigenvalue weighted by molar-refractivity contribution is 7.89. The fraction of sp³-hybridized carbons (Fsp3) is 0.321. The number of hydrogen-bond donors (Lipinski definition) is 0. The quantitative estimate of drug-likeness (QED) is 0.278. The van der Waals surface area contributed by atoms with Crippen LogP contribution in [0.5, 0.6) is 0 Å². The molecule has 3 heterocycles. The fourth-order valence-corrected chi connectivity index (χ4v) is 8.11. The van der Waals surface area contributed by atoms with Crippen molar-refractivity contribution in [2.45, 2.75) is 38.6 Å². The van der Waals surface area contributed by atoms with Crippen molar-refractivity contribution in [3.8, 4) is 0 Å². The van der Waals surface area contributed by atoms with Crippen molar-refractivity contribution in [1.29, 1.82) is 0 Å². The number of amides is 1. The van der Waals surface area contributed by atoms with Crippen LogP contribution >= 0.6 is 22.9 Å². The number of carbonyl (C=O) groups excluding carboxylic acids is 1. The highest BCUT2D eigenvalue weighted by Gasteiger charge is 2.32. The minimum atomic E-state index is -3.64. The molecule has 1 amide bonds. The first-order chi connectivity index (χ1) is 18.1. The Morgan fingerprint density at radius 1 is 1.11 bits per heavy atom. The first kappa shape index (κ1) is 26.7. The van der Waals surface area contributed by atoms with Gasteiger partial charge in [0.05, 0.1) is 27.4 Å². The highest BCUT2D eigenvalue weighted by atomic mass is 35.5. The van der Waals surface area contributed by atoms with Gasteiger partial charge in [0.25, 0.3) is 5.91 Å². The van der Waals surface area contributed by atoms with E-state index in [-0.39, 0.29) is 17.3 Å². The number of hydrogen-bond acceptors (Lipinski definition) is 6. The van der Waals surface area contributed by atoms with E-state index >= 15 is 0 Å². The van der Waals surface area contributed by atoms with Crippen molar-refractivity contribution >= 4 is 54.2 Å². The van der Waals surface area contributed by atoms with Crippen LogP contribution in [-0.4, -0.2) is 41.7 Å². The summed E-state index contributed by atoms with van der Waals surface area (Å²) in [5.74, 6) is 0.325. The van der Waals surface area contributed by atoms with Gasteiger partial charge >= 0.3 is 0 Å². The summed E-state index contributed by atoms with van der Waals surface area (Å²) in [6.07, 6.45) is 2.70. The van der Waals surface area contributed by atoms with E-state index in [1.165, 1.54) is 23.5 Å². The summed E-state index contributed by atoms with van der Waals surface area (Å²) in [5.41, 5.74) is 2.80. The van der Waals surface area contributed by atoms with Crippen molar-refractivity contribution in [2.75, 3.05) is 18.0 Å². The molecule has 0 radical (unpaired) electrons. The average Bonchev–Trinajstić information content (AvgIpc) is 3.31. The second kappa shape index (κ2) is 10.7. The van der Waals surface area contributed by atoms with E-state index < -0.39 is 10.0 Å². The van der Waals surface area contributed by atoms with Gasteiger partial charge in [-0.2, -0.15) is 4.31 Å². The molecule has 2 atom stereocenters. The Hall–Kier alpha value is -2.85. The van der Waals surface area contributed by atoms with Gasteiger partial charge in [-0.15, -0.1) is 0 Å². The number of piperidine rings is 1. The second-order valence-corrected chi connectivity index (χ2v) is 13.5. The predicted molar refractivity (Wildman–Crippen MR) is 152 cm³/mol. The van der Waals surface area contributed by atoms with Crippen LogP contribution in [0.1, 0.15) is 41.9 Å². The summed E-state index contributed by atoms with van der Waals surface area (Å²) < 4.78 is 29.1. The molecule has 0 spiro atoms. The number of aromatic nitrogens is 2. The Labute approximate surface area is 232 Å². The average molecular weight is 569 g/mol. The molecular weight excluding hydrogens is 540 g/mol. The number of nitrogens with zero attached hydrogens (tertiary/aromatic N) is 4. The van der Waals surface area contributed by atoms with Crippen LogP contribution in [-0.2, 0) is 16.6 Å². The highest BCUT2D eigenvalue weighted by Crippen LogP contribution is 2.34. The number of aryl methyl sites for hydroxylation is 1. The summed E-state index contributed by atoms with van der Waals surface area (Å²) in [7, 11) is -3.64. The molecule has 0 bridgehead atoms. The number of thiazole rings is 1. The van der Waals surface area contributed by atoms with E-state index in [0.717, 1.165) is 22.2 Å². The summed E-state index contributed by atoms with van der Waals surface area (Å²) >= 11 is 7.64. The maximum atomic E-state index is 13.8.